The molecule has 3 rings (SSSR count). The summed E-state index contributed by atoms with van der Waals surface area (Å²) in [7, 11) is 0. The van der Waals surface area contributed by atoms with Gasteiger partial charge in [-0.05, 0) is 25.1 Å². The number of morpholine rings is 1. The van der Waals surface area contributed by atoms with Gasteiger partial charge in [0, 0.05) is 36.6 Å². The maximum absolute atomic E-state index is 13.1. The van der Waals surface area contributed by atoms with Gasteiger partial charge in [0.2, 0.25) is 0 Å². The molecule has 1 aliphatic heterocycles. The summed E-state index contributed by atoms with van der Waals surface area (Å²) in [5.41, 5.74) is 2.64. The Balaban J connectivity index is 1.73. The molecule has 2 aromatic rings. The largest absolute Gasteiger partial charge is 0.379 e. The van der Waals surface area contributed by atoms with E-state index in [1.807, 2.05) is 6.92 Å². The van der Waals surface area contributed by atoms with Gasteiger partial charge in [-0.3, -0.25) is 14.7 Å². The highest BCUT2D eigenvalue weighted by molar-refractivity contribution is 8.15. The molecule has 1 aliphatic rings. The number of ether oxygens (including phenoxy) is 1. The molecule has 0 aliphatic carbocycles. The van der Waals surface area contributed by atoms with Crippen molar-refractivity contribution < 1.29 is 13.9 Å². The van der Waals surface area contributed by atoms with E-state index >= 15 is 0 Å². The molecule has 10 heteroatoms. The number of benzene rings is 1. The lowest BCUT2D eigenvalue weighted by Crippen LogP contribution is -2.49. The zero-order valence-corrected chi connectivity index (χ0v) is 19.3. The molecule has 1 N–H and O–H groups in total. The number of amides is 1. The van der Waals surface area contributed by atoms with E-state index in [1.165, 1.54) is 11.8 Å². The summed E-state index contributed by atoms with van der Waals surface area (Å²) >= 11 is 7.75. The highest BCUT2D eigenvalue weighted by Crippen LogP contribution is 2.24. The third kappa shape index (κ3) is 6.59. The molecule has 0 radical (unpaired) electrons. The maximum Gasteiger partial charge on any atom is 0.252 e. The Hall–Kier alpha value is -2.33. The average Bonchev–Trinajstić information content (AvgIpc) is 2.81. The van der Waals surface area contributed by atoms with E-state index in [1.54, 1.807) is 23.7 Å². The number of halogens is 2. The smallest absolute Gasteiger partial charge is 0.252 e. The van der Waals surface area contributed by atoms with Gasteiger partial charge in [0.05, 0.1) is 47.8 Å². The van der Waals surface area contributed by atoms with E-state index in [4.69, 9.17) is 16.3 Å². The molecule has 0 bridgehead atoms. The summed E-state index contributed by atoms with van der Waals surface area (Å²) in [6, 6.07) is 4.81. The normalized spacial score (nSPS) is 15.6. The first-order chi connectivity index (χ1) is 15.5. The molecule has 32 heavy (non-hydrogen) atoms. The van der Waals surface area contributed by atoms with Crippen LogP contribution < -0.4 is 5.32 Å². The summed E-state index contributed by atoms with van der Waals surface area (Å²) in [5.74, 6) is -0.544. The molecule has 1 aromatic heterocycles. The van der Waals surface area contributed by atoms with E-state index in [9.17, 15) is 9.18 Å². The fourth-order valence-corrected chi connectivity index (χ4v) is 4.13. The van der Waals surface area contributed by atoms with Crippen LogP contribution in [0.25, 0.3) is 11.4 Å². The van der Waals surface area contributed by atoms with Crippen LogP contribution in [0.1, 0.15) is 17.3 Å². The van der Waals surface area contributed by atoms with Gasteiger partial charge in [-0.25, -0.2) is 14.4 Å². The fraction of sp³-hybridized carbons (Fsp3) is 0.364. The number of hydrogen-bond acceptors (Lipinski definition) is 7. The van der Waals surface area contributed by atoms with E-state index in [0.29, 0.717) is 48.3 Å². The second-order valence-electron chi connectivity index (χ2n) is 6.98. The van der Waals surface area contributed by atoms with Crippen molar-refractivity contribution in [3.63, 3.8) is 0 Å². The second-order valence-corrected chi connectivity index (χ2v) is 8.36. The van der Waals surface area contributed by atoms with Gasteiger partial charge in [0.1, 0.15) is 0 Å². The minimum atomic E-state index is -0.531. The van der Waals surface area contributed by atoms with Crippen molar-refractivity contribution in [2.75, 3.05) is 39.4 Å². The Morgan fingerprint density at radius 2 is 2.12 bits per heavy atom. The Kier molecular flexibility index (Phi) is 9.16. The number of carbonyl (C=O) groups excluding carboxylic acids is 1. The summed E-state index contributed by atoms with van der Waals surface area (Å²) in [5, 5.41) is 3.28. The van der Waals surface area contributed by atoms with E-state index in [0.717, 1.165) is 30.4 Å². The SMILES string of the molecule is C=C(SC=NCC)C(CNC(=O)c1cc(-c2ncc(F)cn2)ccc1Cl)N1CCOCC1. The molecule has 170 valence electrons. The minimum absolute atomic E-state index is 0.0847. The monoisotopic (exact) mass is 477 g/mol. The molecule has 1 atom stereocenters. The lowest BCUT2D eigenvalue weighted by atomic mass is 10.1. The van der Waals surface area contributed by atoms with Crippen LogP contribution in [-0.4, -0.2) is 71.8 Å². The van der Waals surface area contributed by atoms with Crippen LogP contribution in [0, 0.1) is 5.82 Å². The van der Waals surface area contributed by atoms with Gasteiger partial charge < -0.3 is 10.1 Å². The van der Waals surface area contributed by atoms with Crippen LogP contribution in [0.3, 0.4) is 0 Å². The molecule has 1 amide bonds. The van der Waals surface area contributed by atoms with E-state index in [2.05, 4.69) is 31.8 Å². The highest BCUT2D eigenvalue weighted by atomic mass is 35.5. The average molecular weight is 478 g/mol. The van der Waals surface area contributed by atoms with Crippen LogP contribution in [0.2, 0.25) is 5.02 Å². The van der Waals surface area contributed by atoms with Crippen molar-refractivity contribution in [1.82, 2.24) is 20.2 Å². The molecule has 2 heterocycles. The van der Waals surface area contributed by atoms with Gasteiger partial charge in [0.25, 0.3) is 5.91 Å². The summed E-state index contributed by atoms with van der Waals surface area (Å²) in [6.07, 6.45) is 2.16. The van der Waals surface area contributed by atoms with Crippen molar-refractivity contribution in [3.05, 3.63) is 58.5 Å². The topological polar surface area (TPSA) is 79.7 Å². The van der Waals surface area contributed by atoms with Crippen molar-refractivity contribution in [2.24, 2.45) is 4.99 Å². The summed E-state index contributed by atoms with van der Waals surface area (Å²) in [4.78, 5) is 28.3. The maximum atomic E-state index is 13.1. The van der Waals surface area contributed by atoms with Crippen molar-refractivity contribution in [3.8, 4) is 11.4 Å². The molecule has 0 saturated carbocycles. The van der Waals surface area contributed by atoms with Gasteiger partial charge in [-0.15, -0.1) is 0 Å². The lowest BCUT2D eigenvalue weighted by molar-refractivity contribution is 0.0251. The number of carbonyl (C=O) groups is 1. The number of nitrogens with zero attached hydrogens (tertiary/aromatic N) is 4. The molecular weight excluding hydrogens is 453 g/mol. The first-order valence-electron chi connectivity index (χ1n) is 10.2. The Morgan fingerprint density at radius 1 is 1.41 bits per heavy atom. The van der Waals surface area contributed by atoms with Gasteiger partial charge in [0.15, 0.2) is 11.6 Å². The fourth-order valence-electron chi connectivity index (χ4n) is 3.18. The summed E-state index contributed by atoms with van der Waals surface area (Å²) in [6.45, 7) is 10.0. The molecule has 1 saturated heterocycles. The Morgan fingerprint density at radius 3 is 2.81 bits per heavy atom. The zero-order valence-electron chi connectivity index (χ0n) is 17.8. The van der Waals surface area contributed by atoms with Crippen LogP contribution in [0.4, 0.5) is 4.39 Å². The van der Waals surface area contributed by atoms with Crippen LogP contribution >= 0.6 is 23.4 Å². The Labute approximate surface area is 196 Å². The van der Waals surface area contributed by atoms with Gasteiger partial charge in [-0.1, -0.05) is 29.9 Å². The van der Waals surface area contributed by atoms with Gasteiger partial charge in [-0.2, -0.15) is 0 Å². The zero-order chi connectivity index (χ0) is 22.9. The number of nitrogens with one attached hydrogen (secondary N) is 1. The molecule has 1 aromatic carbocycles. The van der Waals surface area contributed by atoms with Crippen LogP contribution in [0.15, 0.2) is 47.1 Å². The van der Waals surface area contributed by atoms with Gasteiger partial charge >= 0.3 is 0 Å². The predicted molar refractivity (Wildman–Crippen MR) is 127 cm³/mol. The quantitative estimate of drug-likeness (QED) is 0.438. The molecule has 0 spiro atoms. The molecule has 1 fully saturated rings. The lowest BCUT2D eigenvalue weighted by Gasteiger charge is -2.35. The number of rotatable bonds is 9. The summed E-state index contributed by atoms with van der Waals surface area (Å²) < 4.78 is 18.6. The van der Waals surface area contributed by atoms with E-state index in [-0.39, 0.29) is 11.9 Å². The highest BCUT2D eigenvalue weighted by Gasteiger charge is 2.25. The van der Waals surface area contributed by atoms with Crippen LogP contribution in [-0.2, 0) is 4.74 Å². The second kappa shape index (κ2) is 12.1. The first-order valence-corrected chi connectivity index (χ1v) is 11.5. The predicted octanol–water partition coefficient (Wildman–Crippen LogP) is 3.66. The Bertz CT molecular complexity index is 967. The molecule has 7 nitrogen and oxygen atoms in total. The van der Waals surface area contributed by atoms with E-state index < -0.39 is 5.82 Å². The first kappa shape index (κ1) is 24.3. The number of thioether (sulfide) groups is 1. The van der Waals surface area contributed by atoms with Crippen molar-refractivity contribution >= 4 is 34.8 Å². The number of aromatic nitrogens is 2. The minimum Gasteiger partial charge on any atom is -0.379 e. The third-order valence-corrected chi connectivity index (χ3v) is 6.02. The molecular formula is C22H25ClFN5O2S. The number of hydrogen-bond donors (Lipinski definition) is 1. The number of aliphatic imine (C=N–C) groups is 1. The van der Waals surface area contributed by atoms with Crippen molar-refractivity contribution in [1.29, 1.82) is 0 Å². The van der Waals surface area contributed by atoms with Crippen LogP contribution in [0.5, 0.6) is 0 Å². The molecule has 1 unspecified atom stereocenters. The third-order valence-electron chi connectivity index (χ3n) is 4.86. The van der Waals surface area contributed by atoms with Crippen molar-refractivity contribution in [2.45, 2.75) is 13.0 Å². The standard InChI is InChI=1S/C22H25ClFN5O2S/c1-3-25-14-32-15(2)20(29-6-8-31-9-7-29)13-28-22(30)18-10-16(4-5-19(18)23)21-26-11-17(24)12-27-21/h4-5,10-12,14,20H,2-3,6-9,13H2,1H3,(H,28,30).